The maximum atomic E-state index is 5.53. The molecule has 2 nitrogen and oxygen atoms in total. The molecule has 0 heterocycles. The normalized spacial score (nSPS) is 13.1. The smallest absolute Gasteiger partial charge is 0.0742 e. The summed E-state index contributed by atoms with van der Waals surface area (Å²) in [6, 6.07) is 0.480. The lowest BCUT2D eigenvalue weighted by Gasteiger charge is -2.24. The first-order chi connectivity index (χ1) is 7.07. The summed E-state index contributed by atoms with van der Waals surface area (Å²) in [5.74, 6) is 0. The Morgan fingerprint density at radius 2 is 1.87 bits per heavy atom. The minimum atomic E-state index is 0.480. The Balaban J connectivity index is 3.46. The molecule has 0 aliphatic rings. The number of nitrogens with zero attached hydrogens (tertiary/aromatic N) is 1. The van der Waals surface area contributed by atoms with Crippen LogP contribution >= 0.6 is 12.2 Å². The molecule has 0 saturated heterocycles. The van der Waals surface area contributed by atoms with Gasteiger partial charge in [-0.2, -0.15) is 0 Å². The summed E-state index contributed by atoms with van der Waals surface area (Å²) in [7, 11) is 2.16. The molecule has 0 aromatic carbocycles. The summed E-state index contributed by atoms with van der Waals surface area (Å²) in [5.41, 5.74) is 5.53. The molecule has 0 rings (SSSR count). The van der Waals surface area contributed by atoms with Gasteiger partial charge >= 0.3 is 0 Å². The zero-order chi connectivity index (χ0) is 11.7. The Kier molecular flexibility index (Phi) is 9.01. The maximum Gasteiger partial charge on any atom is 0.0742 e. The van der Waals surface area contributed by atoms with Gasteiger partial charge in [0.25, 0.3) is 0 Å². The lowest BCUT2D eigenvalue weighted by Crippen LogP contribution is -2.33. The van der Waals surface area contributed by atoms with Gasteiger partial charge in [-0.25, -0.2) is 0 Å². The van der Waals surface area contributed by atoms with Crippen LogP contribution in [0.5, 0.6) is 0 Å². The average molecular weight is 230 g/mol. The van der Waals surface area contributed by atoms with Gasteiger partial charge in [0.15, 0.2) is 0 Å². The molecule has 15 heavy (non-hydrogen) atoms. The first-order valence-electron chi connectivity index (χ1n) is 6.06. The molecule has 0 radical (unpaired) electrons. The molecule has 0 bridgehead atoms. The molecule has 0 amide bonds. The van der Waals surface area contributed by atoms with Gasteiger partial charge in [-0.1, -0.05) is 44.8 Å². The maximum absolute atomic E-state index is 5.53. The van der Waals surface area contributed by atoms with Gasteiger partial charge in [0.1, 0.15) is 0 Å². The first kappa shape index (κ1) is 14.8. The van der Waals surface area contributed by atoms with E-state index in [1.165, 1.54) is 32.1 Å². The van der Waals surface area contributed by atoms with E-state index in [1.807, 2.05) is 0 Å². The van der Waals surface area contributed by atoms with E-state index in [0.29, 0.717) is 11.0 Å². The van der Waals surface area contributed by atoms with Crippen molar-refractivity contribution in [1.82, 2.24) is 4.90 Å². The van der Waals surface area contributed by atoms with Crippen molar-refractivity contribution in [2.75, 3.05) is 13.6 Å². The van der Waals surface area contributed by atoms with E-state index in [0.717, 1.165) is 13.0 Å². The zero-order valence-electron chi connectivity index (χ0n) is 10.5. The number of hydrogen-bond acceptors (Lipinski definition) is 2. The molecule has 0 spiro atoms. The number of nitrogens with two attached hydrogens (primary N) is 1. The third-order valence-electron chi connectivity index (χ3n) is 2.86. The van der Waals surface area contributed by atoms with Crippen LogP contribution < -0.4 is 5.73 Å². The molecule has 90 valence electrons. The number of unbranched alkanes of at least 4 members (excludes halogenated alkanes) is 4. The summed E-state index contributed by atoms with van der Waals surface area (Å²) < 4.78 is 0. The van der Waals surface area contributed by atoms with Crippen LogP contribution in [0.2, 0.25) is 0 Å². The van der Waals surface area contributed by atoms with E-state index in [1.54, 1.807) is 0 Å². The molecule has 0 aliphatic heterocycles. The second-order valence-corrected chi connectivity index (χ2v) is 4.94. The predicted molar refractivity (Wildman–Crippen MR) is 72.3 cm³/mol. The monoisotopic (exact) mass is 230 g/mol. The van der Waals surface area contributed by atoms with Crippen molar-refractivity contribution in [3.63, 3.8) is 0 Å². The fourth-order valence-corrected chi connectivity index (χ4v) is 1.87. The van der Waals surface area contributed by atoms with Crippen molar-refractivity contribution in [1.29, 1.82) is 0 Å². The van der Waals surface area contributed by atoms with E-state index in [-0.39, 0.29) is 0 Å². The minimum absolute atomic E-state index is 0.480. The predicted octanol–water partition coefficient (Wildman–Crippen LogP) is 2.95. The second-order valence-electron chi connectivity index (χ2n) is 4.41. The van der Waals surface area contributed by atoms with E-state index >= 15 is 0 Å². The van der Waals surface area contributed by atoms with E-state index < -0.39 is 0 Å². The summed E-state index contributed by atoms with van der Waals surface area (Å²) in [6.45, 7) is 5.59. The van der Waals surface area contributed by atoms with E-state index in [4.69, 9.17) is 18.0 Å². The summed E-state index contributed by atoms with van der Waals surface area (Å²) >= 11 is 4.91. The Morgan fingerprint density at radius 1 is 1.27 bits per heavy atom. The minimum Gasteiger partial charge on any atom is -0.393 e. The number of hydrogen-bond donors (Lipinski definition) is 1. The Bertz CT molecular complexity index is 171. The van der Waals surface area contributed by atoms with Crippen LogP contribution in [0.3, 0.4) is 0 Å². The summed E-state index contributed by atoms with van der Waals surface area (Å²) in [5, 5.41) is 0. The first-order valence-corrected chi connectivity index (χ1v) is 6.47. The highest BCUT2D eigenvalue weighted by molar-refractivity contribution is 7.80. The van der Waals surface area contributed by atoms with Gasteiger partial charge in [0, 0.05) is 12.5 Å². The van der Waals surface area contributed by atoms with Crippen molar-refractivity contribution in [3.05, 3.63) is 0 Å². The van der Waals surface area contributed by atoms with Gasteiger partial charge in [-0.05, 0) is 26.9 Å². The summed E-state index contributed by atoms with van der Waals surface area (Å²) in [6.07, 6.45) is 7.52. The van der Waals surface area contributed by atoms with Crippen LogP contribution in [-0.4, -0.2) is 29.5 Å². The van der Waals surface area contributed by atoms with Crippen molar-refractivity contribution in [2.45, 2.75) is 58.4 Å². The summed E-state index contributed by atoms with van der Waals surface area (Å²) in [4.78, 5) is 2.98. The molecule has 2 N–H and O–H groups in total. The SMILES string of the molecule is CCCCCCCN(C)C(C)CC(N)=S. The number of thiocarbonyl (C=S) groups is 1. The van der Waals surface area contributed by atoms with Crippen LogP contribution in [0, 0.1) is 0 Å². The van der Waals surface area contributed by atoms with Crippen molar-refractivity contribution in [2.24, 2.45) is 5.73 Å². The molecule has 1 unspecified atom stereocenters. The topological polar surface area (TPSA) is 29.3 Å². The molecule has 0 fully saturated rings. The van der Waals surface area contributed by atoms with Gasteiger partial charge < -0.3 is 10.6 Å². The molecule has 1 atom stereocenters. The molecule has 0 saturated carbocycles. The molecule has 0 aliphatic carbocycles. The van der Waals surface area contributed by atoms with Crippen molar-refractivity contribution >= 4 is 17.2 Å². The highest BCUT2D eigenvalue weighted by Crippen LogP contribution is 2.06. The lowest BCUT2D eigenvalue weighted by molar-refractivity contribution is 0.257. The fraction of sp³-hybridized carbons (Fsp3) is 0.917. The van der Waals surface area contributed by atoms with Crippen molar-refractivity contribution in [3.8, 4) is 0 Å². The van der Waals surface area contributed by atoms with E-state index in [2.05, 4.69) is 25.8 Å². The Morgan fingerprint density at radius 3 is 2.40 bits per heavy atom. The average Bonchev–Trinajstić information content (AvgIpc) is 2.16. The third kappa shape index (κ3) is 8.82. The van der Waals surface area contributed by atoms with Crippen LogP contribution in [0.1, 0.15) is 52.4 Å². The molecule has 0 aromatic heterocycles. The zero-order valence-corrected chi connectivity index (χ0v) is 11.3. The van der Waals surface area contributed by atoms with E-state index in [9.17, 15) is 0 Å². The Hall–Kier alpha value is -0.150. The van der Waals surface area contributed by atoms with Gasteiger partial charge in [0.05, 0.1) is 4.99 Å². The number of rotatable bonds is 9. The van der Waals surface area contributed by atoms with Crippen molar-refractivity contribution < 1.29 is 0 Å². The quantitative estimate of drug-likeness (QED) is 0.488. The van der Waals surface area contributed by atoms with Crippen LogP contribution in [0.4, 0.5) is 0 Å². The fourth-order valence-electron chi connectivity index (χ4n) is 1.63. The largest absolute Gasteiger partial charge is 0.393 e. The van der Waals surface area contributed by atoms with Crippen LogP contribution in [-0.2, 0) is 0 Å². The second kappa shape index (κ2) is 9.10. The van der Waals surface area contributed by atoms with Gasteiger partial charge in [0.2, 0.25) is 0 Å². The lowest BCUT2D eigenvalue weighted by atomic mass is 10.1. The third-order valence-corrected chi connectivity index (χ3v) is 3.03. The molecular weight excluding hydrogens is 204 g/mol. The van der Waals surface area contributed by atoms with Crippen LogP contribution in [0.15, 0.2) is 0 Å². The van der Waals surface area contributed by atoms with Crippen LogP contribution in [0.25, 0.3) is 0 Å². The van der Waals surface area contributed by atoms with Gasteiger partial charge in [-0.3, -0.25) is 0 Å². The highest BCUT2D eigenvalue weighted by Gasteiger charge is 2.09. The molecule has 3 heteroatoms. The standard InChI is InChI=1S/C12H26N2S/c1-4-5-6-7-8-9-14(3)11(2)10-12(13)15/h11H,4-10H2,1-3H3,(H2,13,15). The molecular formula is C12H26N2S. The molecule has 0 aromatic rings. The highest BCUT2D eigenvalue weighted by atomic mass is 32.1. The Labute approximate surface area is 100 Å². The van der Waals surface area contributed by atoms with Gasteiger partial charge in [-0.15, -0.1) is 0 Å².